The van der Waals surface area contributed by atoms with Gasteiger partial charge in [-0.15, -0.1) is 11.8 Å². The van der Waals surface area contributed by atoms with Gasteiger partial charge in [0.25, 0.3) is 0 Å². The molecule has 90 valence electrons. The number of thioether (sulfide) groups is 1. The van der Waals surface area contributed by atoms with Crippen LogP contribution < -0.4 is 5.73 Å². The van der Waals surface area contributed by atoms with Crippen LogP contribution >= 0.6 is 11.8 Å². The second kappa shape index (κ2) is 6.90. The molecule has 0 heterocycles. The maximum Gasteiger partial charge on any atom is 0.0555 e. The summed E-state index contributed by atoms with van der Waals surface area (Å²) in [5, 5.41) is 0. The highest BCUT2D eigenvalue weighted by Crippen LogP contribution is 2.23. The van der Waals surface area contributed by atoms with E-state index in [-0.39, 0.29) is 0 Å². The normalized spacial score (nSPS) is 9.61. The Bertz CT molecular complexity index is 552. The molecule has 0 amide bonds. The fraction of sp³-hybridized carbons (Fsp3) is 0.125. The van der Waals surface area contributed by atoms with Crippen LogP contribution in [0, 0.1) is 11.8 Å². The van der Waals surface area contributed by atoms with Gasteiger partial charge < -0.3 is 5.73 Å². The highest BCUT2D eigenvalue weighted by Gasteiger charge is 2.00. The van der Waals surface area contributed by atoms with Crippen molar-refractivity contribution in [3.8, 4) is 11.8 Å². The van der Waals surface area contributed by atoms with Crippen molar-refractivity contribution < 1.29 is 0 Å². The van der Waals surface area contributed by atoms with Gasteiger partial charge in [-0.1, -0.05) is 48.2 Å². The monoisotopic (exact) mass is 253 g/mol. The number of hydrogen-bond acceptors (Lipinski definition) is 2. The number of nitrogens with two attached hydrogens (primary N) is 1. The van der Waals surface area contributed by atoms with Crippen molar-refractivity contribution >= 4 is 11.8 Å². The predicted molar refractivity (Wildman–Crippen MR) is 78.4 cm³/mol. The Labute approximate surface area is 112 Å². The third kappa shape index (κ3) is 3.66. The molecule has 0 aliphatic rings. The SMILES string of the molecule is NCC#Cc1ccccc1CSc1ccccc1. The van der Waals surface area contributed by atoms with E-state index in [4.69, 9.17) is 5.73 Å². The molecule has 0 aliphatic heterocycles. The Balaban J connectivity index is 2.09. The first kappa shape index (κ1) is 12.8. The number of hydrogen-bond donors (Lipinski definition) is 1. The van der Waals surface area contributed by atoms with Gasteiger partial charge in [0.05, 0.1) is 6.54 Å². The lowest BCUT2D eigenvalue weighted by Crippen LogP contribution is -1.94. The molecule has 2 aromatic carbocycles. The minimum absolute atomic E-state index is 0.403. The van der Waals surface area contributed by atoms with Crippen LogP contribution in [0.2, 0.25) is 0 Å². The summed E-state index contributed by atoms with van der Waals surface area (Å²) in [7, 11) is 0. The topological polar surface area (TPSA) is 26.0 Å². The molecule has 2 heteroatoms. The minimum Gasteiger partial charge on any atom is -0.320 e. The third-order valence-corrected chi connectivity index (χ3v) is 3.54. The summed E-state index contributed by atoms with van der Waals surface area (Å²) >= 11 is 1.82. The van der Waals surface area contributed by atoms with Crippen molar-refractivity contribution in [1.82, 2.24) is 0 Å². The summed E-state index contributed by atoms with van der Waals surface area (Å²) in [4.78, 5) is 1.28. The van der Waals surface area contributed by atoms with Crippen molar-refractivity contribution in [2.75, 3.05) is 6.54 Å². The molecule has 0 spiro atoms. The molecule has 0 aromatic heterocycles. The molecule has 0 fully saturated rings. The summed E-state index contributed by atoms with van der Waals surface area (Å²) in [6.07, 6.45) is 0. The molecule has 0 bridgehead atoms. The van der Waals surface area contributed by atoms with Gasteiger partial charge in [0.1, 0.15) is 0 Å². The van der Waals surface area contributed by atoms with E-state index >= 15 is 0 Å². The highest BCUT2D eigenvalue weighted by molar-refractivity contribution is 7.98. The largest absolute Gasteiger partial charge is 0.320 e. The lowest BCUT2D eigenvalue weighted by atomic mass is 10.1. The zero-order valence-electron chi connectivity index (χ0n) is 10.1. The van der Waals surface area contributed by atoms with Gasteiger partial charge in [0.2, 0.25) is 0 Å². The van der Waals surface area contributed by atoms with Crippen LogP contribution in [-0.2, 0) is 5.75 Å². The van der Waals surface area contributed by atoms with Crippen LogP contribution in [0.5, 0.6) is 0 Å². The molecule has 0 radical (unpaired) electrons. The standard InChI is InChI=1S/C16H15NS/c17-12-6-9-14-7-4-5-8-15(14)13-18-16-10-2-1-3-11-16/h1-5,7-8,10-11H,12-13,17H2. The Hall–Kier alpha value is -1.69. The van der Waals surface area contributed by atoms with Crippen molar-refractivity contribution in [2.45, 2.75) is 10.6 Å². The molecule has 1 nitrogen and oxygen atoms in total. The third-order valence-electron chi connectivity index (χ3n) is 2.48. The second-order valence-corrected chi connectivity index (χ2v) is 4.81. The first-order valence-electron chi connectivity index (χ1n) is 5.85. The van der Waals surface area contributed by atoms with Crippen LogP contribution in [0.3, 0.4) is 0 Å². The summed E-state index contributed by atoms with van der Waals surface area (Å²) in [5.74, 6) is 6.96. The van der Waals surface area contributed by atoms with Gasteiger partial charge in [0.15, 0.2) is 0 Å². The van der Waals surface area contributed by atoms with E-state index in [9.17, 15) is 0 Å². The molecule has 2 rings (SSSR count). The van der Waals surface area contributed by atoms with E-state index in [0.717, 1.165) is 11.3 Å². The van der Waals surface area contributed by atoms with E-state index in [1.54, 1.807) is 0 Å². The van der Waals surface area contributed by atoms with E-state index in [0.29, 0.717) is 6.54 Å². The van der Waals surface area contributed by atoms with Gasteiger partial charge in [-0.2, -0.15) is 0 Å². The second-order valence-electron chi connectivity index (χ2n) is 3.76. The molecule has 0 unspecified atom stereocenters. The van der Waals surface area contributed by atoms with Gasteiger partial charge in [0, 0.05) is 16.2 Å². The van der Waals surface area contributed by atoms with Crippen molar-refractivity contribution in [2.24, 2.45) is 5.73 Å². The van der Waals surface area contributed by atoms with Crippen LogP contribution in [0.25, 0.3) is 0 Å². The summed E-state index contributed by atoms with van der Waals surface area (Å²) in [6, 6.07) is 18.6. The van der Waals surface area contributed by atoms with Gasteiger partial charge in [-0.25, -0.2) is 0 Å². The first-order chi connectivity index (χ1) is 8.90. The van der Waals surface area contributed by atoms with Crippen molar-refractivity contribution in [1.29, 1.82) is 0 Å². The van der Waals surface area contributed by atoms with Crippen molar-refractivity contribution in [3.05, 3.63) is 65.7 Å². The molecule has 0 saturated carbocycles. The first-order valence-corrected chi connectivity index (χ1v) is 6.83. The number of benzene rings is 2. The Morgan fingerprint density at radius 2 is 1.67 bits per heavy atom. The number of rotatable bonds is 3. The molecule has 0 aliphatic carbocycles. The van der Waals surface area contributed by atoms with Gasteiger partial charge in [-0.3, -0.25) is 0 Å². The van der Waals surface area contributed by atoms with E-state index in [1.165, 1.54) is 10.5 Å². The summed E-state index contributed by atoms with van der Waals surface area (Å²) < 4.78 is 0. The zero-order valence-corrected chi connectivity index (χ0v) is 10.9. The summed E-state index contributed by atoms with van der Waals surface area (Å²) in [5.41, 5.74) is 7.74. The van der Waals surface area contributed by atoms with Crippen LogP contribution in [-0.4, -0.2) is 6.54 Å². The van der Waals surface area contributed by atoms with Crippen LogP contribution in [0.4, 0.5) is 0 Å². The quantitative estimate of drug-likeness (QED) is 0.671. The van der Waals surface area contributed by atoms with Crippen LogP contribution in [0.15, 0.2) is 59.5 Å². The van der Waals surface area contributed by atoms with Gasteiger partial charge in [-0.05, 0) is 23.8 Å². The average Bonchev–Trinajstić information content (AvgIpc) is 2.45. The summed E-state index contributed by atoms with van der Waals surface area (Å²) in [6.45, 7) is 0.403. The maximum absolute atomic E-state index is 5.41. The van der Waals surface area contributed by atoms with E-state index < -0.39 is 0 Å². The van der Waals surface area contributed by atoms with Gasteiger partial charge >= 0.3 is 0 Å². The molecule has 2 N–H and O–H groups in total. The predicted octanol–water partition coefficient (Wildman–Crippen LogP) is 3.29. The molecular weight excluding hydrogens is 238 g/mol. The fourth-order valence-corrected chi connectivity index (χ4v) is 2.52. The molecule has 0 atom stereocenters. The Morgan fingerprint density at radius 1 is 0.944 bits per heavy atom. The lowest BCUT2D eigenvalue weighted by molar-refractivity contribution is 1.30. The molecule has 0 saturated heterocycles. The molecule has 2 aromatic rings. The lowest BCUT2D eigenvalue weighted by Gasteiger charge is -2.04. The maximum atomic E-state index is 5.41. The zero-order chi connectivity index (χ0) is 12.6. The fourth-order valence-electron chi connectivity index (χ4n) is 1.59. The van der Waals surface area contributed by atoms with E-state index in [1.807, 2.05) is 30.0 Å². The minimum atomic E-state index is 0.403. The average molecular weight is 253 g/mol. The van der Waals surface area contributed by atoms with E-state index in [2.05, 4.69) is 48.2 Å². The Morgan fingerprint density at radius 3 is 2.44 bits per heavy atom. The van der Waals surface area contributed by atoms with Crippen LogP contribution in [0.1, 0.15) is 11.1 Å². The smallest absolute Gasteiger partial charge is 0.0555 e. The van der Waals surface area contributed by atoms with Crippen molar-refractivity contribution in [3.63, 3.8) is 0 Å². The molecular formula is C16H15NS. The Kier molecular flexibility index (Phi) is 4.89. The molecule has 18 heavy (non-hydrogen) atoms. The highest BCUT2D eigenvalue weighted by atomic mass is 32.2.